The minimum atomic E-state index is -4.19. The summed E-state index contributed by atoms with van der Waals surface area (Å²) in [6.07, 6.45) is 11.5. The number of hydrogen-bond acceptors (Lipinski definition) is 4. The molecule has 0 unspecified atom stereocenters. The van der Waals surface area contributed by atoms with Crippen LogP contribution < -0.4 is 4.66 Å². The van der Waals surface area contributed by atoms with Gasteiger partial charge >= 0.3 is 28.9 Å². The molecule has 1 aliphatic heterocycles. The van der Waals surface area contributed by atoms with E-state index in [4.69, 9.17) is 18.6 Å². The molecule has 0 radical (unpaired) electrons. The van der Waals surface area contributed by atoms with E-state index in [-0.39, 0.29) is 0 Å². The maximum absolute atomic E-state index is 8.83. The topological polar surface area (TPSA) is 86.8 Å². The van der Waals surface area contributed by atoms with E-state index in [1.807, 2.05) is 0 Å². The van der Waals surface area contributed by atoms with Crippen LogP contribution in [-0.4, -0.2) is 37.4 Å². The molecule has 0 bridgehead atoms. The first kappa shape index (κ1) is 14.9. The number of hydrogen-bond donors (Lipinski definition) is 3. The van der Waals surface area contributed by atoms with E-state index >= 15 is 0 Å². The first-order valence-corrected chi connectivity index (χ1v) is 7.55. The van der Waals surface area contributed by atoms with Gasteiger partial charge in [0.05, 0.1) is 0 Å². The second-order valence-corrected chi connectivity index (χ2v) is 5.48. The van der Waals surface area contributed by atoms with Crippen molar-refractivity contribution in [2.45, 2.75) is 51.4 Å². The van der Waals surface area contributed by atoms with E-state index in [2.05, 4.69) is 4.58 Å². The molecule has 0 aromatic rings. The molecule has 0 aromatic carbocycles. The van der Waals surface area contributed by atoms with Crippen LogP contribution in [0.25, 0.3) is 0 Å². The Morgan fingerprint density at radius 1 is 0.824 bits per heavy atom. The summed E-state index contributed by atoms with van der Waals surface area (Å²) < 4.78 is 32.9. The van der Waals surface area contributed by atoms with Crippen molar-refractivity contribution >= 4 is 5.71 Å². The second kappa shape index (κ2) is 7.28. The third kappa shape index (κ3) is 7.68. The number of nitrogens with zero attached hydrogens (tertiary/aromatic N) is 1. The van der Waals surface area contributed by atoms with Crippen LogP contribution in [0.15, 0.2) is 0 Å². The van der Waals surface area contributed by atoms with E-state index in [1.165, 1.54) is 64.5 Å². The van der Waals surface area contributed by atoms with Crippen LogP contribution in [0.1, 0.15) is 51.4 Å². The average Bonchev–Trinajstić information content (AvgIpc) is 2.59. The average molecular weight is 269 g/mol. The summed E-state index contributed by atoms with van der Waals surface area (Å²) in [4.78, 5) is 0. The SMILES string of the molecule is C1CCCC(=[N+]2CCCC2)CC1.[O-][Cl+](O)(O)O. The fourth-order valence-corrected chi connectivity index (χ4v) is 2.49. The Bertz CT molecular complexity index is 239. The van der Waals surface area contributed by atoms with Crippen LogP contribution >= 0.6 is 0 Å². The minimum absolute atomic E-state index is 1.36. The molecule has 0 amide bonds. The van der Waals surface area contributed by atoms with Gasteiger partial charge < -0.3 is 0 Å². The number of rotatable bonds is 0. The van der Waals surface area contributed by atoms with E-state index < -0.39 is 10.2 Å². The molecule has 0 atom stereocenters. The van der Waals surface area contributed by atoms with E-state index in [1.54, 1.807) is 5.71 Å². The van der Waals surface area contributed by atoms with Gasteiger partial charge in [0.1, 0.15) is 13.1 Å². The Balaban J connectivity index is 0.000000249. The monoisotopic (exact) mass is 268 g/mol. The zero-order chi connectivity index (χ0) is 12.7. The van der Waals surface area contributed by atoms with Crippen LogP contribution in [0.3, 0.4) is 0 Å². The van der Waals surface area contributed by atoms with E-state index in [9.17, 15) is 0 Å². The molecule has 0 aromatic heterocycles. The predicted molar refractivity (Wildman–Crippen MR) is 58.6 cm³/mol. The summed E-state index contributed by atoms with van der Waals surface area (Å²) in [6, 6.07) is 0. The van der Waals surface area contributed by atoms with Crippen molar-refractivity contribution in [3.05, 3.63) is 0 Å². The van der Waals surface area contributed by atoms with E-state index in [0.29, 0.717) is 0 Å². The molecule has 1 saturated heterocycles. The summed E-state index contributed by atoms with van der Waals surface area (Å²) in [7, 11) is -4.19. The Morgan fingerprint density at radius 3 is 1.65 bits per heavy atom. The van der Waals surface area contributed by atoms with Gasteiger partial charge in [0, 0.05) is 25.7 Å². The van der Waals surface area contributed by atoms with Crippen molar-refractivity contribution in [1.82, 2.24) is 0 Å². The van der Waals surface area contributed by atoms with Gasteiger partial charge in [-0.05, 0) is 12.8 Å². The summed E-state index contributed by atoms with van der Waals surface area (Å²) in [6.45, 7) is 2.71. The molecule has 5 nitrogen and oxygen atoms in total. The van der Waals surface area contributed by atoms with Crippen molar-refractivity contribution in [3.8, 4) is 0 Å². The van der Waals surface area contributed by atoms with Gasteiger partial charge in [-0.3, -0.25) is 0 Å². The predicted octanol–water partition coefficient (Wildman–Crippen LogP) is -0.272. The molecular formula is C11H23ClNO4+. The molecule has 102 valence electrons. The van der Waals surface area contributed by atoms with Gasteiger partial charge in [-0.15, -0.1) is 0 Å². The van der Waals surface area contributed by atoms with Crippen molar-refractivity contribution in [2.24, 2.45) is 0 Å². The molecule has 2 rings (SSSR count). The molecular weight excluding hydrogens is 246 g/mol. The Kier molecular flexibility index (Phi) is 6.37. The molecule has 0 spiro atoms. The second-order valence-electron chi connectivity index (χ2n) is 4.61. The summed E-state index contributed by atoms with van der Waals surface area (Å²) in [5.41, 5.74) is 1.78. The Hall–Kier alpha value is -0.200. The Morgan fingerprint density at radius 2 is 1.24 bits per heavy atom. The van der Waals surface area contributed by atoms with Gasteiger partial charge in [0.2, 0.25) is 0 Å². The normalized spacial score (nSPS) is 22.8. The van der Waals surface area contributed by atoms with Crippen molar-refractivity contribution in [2.75, 3.05) is 13.1 Å². The third-order valence-electron chi connectivity index (χ3n) is 3.23. The Labute approximate surface area is 104 Å². The fraction of sp³-hybridized carbons (Fsp3) is 0.909. The standard InChI is InChI=1S/C11H20N.ClH3O4/c1-2-4-8-11(7-3-1)12-9-5-6-10-12;2-1(3,4)5/h1-10H2;2-4H/q+1;. The first-order chi connectivity index (χ1) is 7.97. The van der Waals surface area contributed by atoms with Gasteiger partial charge in [-0.1, -0.05) is 12.8 Å². The molecule has 6 heteroatoms. The molecule has 1 saturated carbocycles. The fourth-order valence-electron chi connectivity index (χ4n) is 2.49. The van der Waals surface area contributed by atoms with Gasteiger partial charge in [0.15, 0.2) is 5.71 Å². The molecule has 1 heterocycles. The van der Waals surface area contributed by atoms with Gasteiger partial charge in [-0.2, -0.15) is 0 Å². The van der Waals surface area contributed by atoms with E-state index in [0.717, 1.165) is 0 Å². The van der Waals surface area contributed by atoms with Gasteiger partial charge in [-0.25, -0.2) is 4.58 Å². The molecule has 2 fully saturated rings. The number of halogens is 1. The zero-order valence-electron chi connectivity index (χ0n) is 10.1. The third-order valence-corrected chi connectivity index (χ3v) is 3.23. The van der Waals surface area contributed by atoms with Crippen molar-refractivity contribution in [1.29, 1.82) is 0 Å². The molecule has 17 heavy (non-hydrogen) atoms. The molecule has 2 aliphatic rings. The van der Waals surface area contributed by atoms with Crippen molar-refractivity contribution in [3.63, 3.8) is 0 Å². The van der Waals surface area contributed by atoms with Crippen LogP contribution in [-0.2, 0) is 0 Å². The van der Waals surface area contributed by atoms with Crippen LogP contribution in [0.4, 0.5) is 0 Å². The van der Waals surface area contributed by atoms with Gasteiger partial charge in [0.25, 0.3) is 0 Å². The zero-order valence-corrected chi connectivity index (χ0v) is 10.9. The van der Waals surface area contributed by atoms with Crippen molar-refractivity contribution < 1.29 is 33.5 Å². The molecule has 3 N–H and O–H groups in total. The first-order valence-electron chi connectivity index (χ1n) is 6.22. The van der Waals surface area contributed by atoms with Crippen LogP contribution in [0, 0.1) is 10.2 Å². The maximum atomic E-state index is 8.83. The molecule has 1 aliphatic carbocycles. The quantitative estimate of drug-likeness (QED) is 0.417. The summed E-state index contributed by atoms with van der Waals surface area (Å²) in [5.74, 6) is 0. The van der Waals surface area contributed by atoms with Crippen LogP contribution in [0.5, 0.6) is 0 Å². The summed E-state index contributed by atoms with van der Waals surface area (Å²) in [5, 5.41) is 0. The van der Waals surface area contributed by atoms with Crippen LogP contribution in [0.2, 0.25) is 0 Å². The summed E-state index contributed by atoms with van der Waals surface area (Å²) >= 11 is 0.